The molecular weight excluding hydrogens is 398 g/mol. The number of carbonyl (C=O) groups excluding carboxylic acids is 3. The molecule has 1 atom stereocenters. The van der Waals surface area contributed by atoms with Gasteiger partial charge in [0.25, 0.3) is 5.91 Å². The first-order valence-electron chi connectivity index (χ1n) is 8.94. The molecule has 2 heterocycles. The first-order chi connectivity index (χ1) is 13.7. The highest BCUT2D eigenvalue weighted by Gasteiger charge is 2.34. The average molecular weight is 415 g/mol. The Balaban J connectivity index is 1.83. The number of hydrazone groups is 1. The van der Waals surface area contributed by atoms with Crippen LogP contribution in [0, 0.1) is 23.3 Å². The molecule has 0 bridgehead atoms. The number of esters is 1. The zero-order valence-corrected chi connectivity index (χ0v) is 15.4. The van der Waals surface area contributed by atoms with Crippen molar-refractivity contribution in [3.8, 4) is 0 Å². The summed E-state index contributed by atoms with van der Waals surface area (Å²) in [4.78, 5) is 38.1. The number of hydrogen-bond donors (Lipinski definition) is 0. The van der Waals surface area contributed by atoms with Gasteiger partial charge >= 0.3 is 5.97 Å². The molecule has 1 saturated heterocycles. The molecule has 2 aliphatic rings. The number of halogens is 4. The van der Waals surface area contributed by atoms with Gasteiger partial charge in [0, 0.05) is 32.0 Å². The van der Waals surface area contributed by atoms with E-state index in [1.165, 1.54) is 11.8 Å². The lowest BCUT2D eigenvalue weighted by Crippen LogP contribution is -2.41. The number of hydrogen-bond acceptors (Lipinski definition) is 5. The largest absolute Gasteiger partial charge is 0.448 e. The van der Waals surface area contributed by atoms with Gasteiger partial charge in [-0.05, 0) is 19.8 Å². The molecule has 156 valence electrons. The van der Waals surface area contributed by atoms with Gasteiger partial charge in [-0.15, -0.1) is 0 Å². The minimum absolute atomic E-state index is 0.00682. The van der Waals surface area contributed by atoms with Crippen LogP contribution in [0.1, 0.15) is 32.6 Å². The molecule has 29 heavy (non-hydrogen) atoms. The van der Waals surface area contributed by atoms with Crippen LogP contribution in [0.25, 0.3) is 0 Å². The van der Waals surface area contributed by atoms with Gasteiger partial charge in [0.05, 0.1) is 0 Å². The first kappa shape index (κ1) is 20.7. The lowest BCUT2D eigenvalue weighted by molar-refractivity contribution is -0.153. The molecule has 7 nitrogen and oxygen atoms in total. The van der Waals surface area contributed by atoms with Crippen molar-refractivity contribution in [3.63, 3.8) is 0 Å². The molecular formula is C18H17F4N3O4. The van der Waals surface area contributed by atoms with Crippen LogP contribution >= 0.6 is 0 Å². The molecule has 0 spiro atoms. The molecule has 2 amide bonds. The van der Waals surface area contributed by atoms with Crippen molar-refractivity contribution in [2.75, 3.05) is 18.1 Å². The number of nitrogens with zero attached hydrogens (tertiary/aromatic N) is 3. The van der Waals surface area contributed by atoms with E-state index in [0.717, 1.165) is 12.8 Å². The quantitative estimate of drug-likeness (QED) is 0.429. The summed E-state index contributed by atoms with van der Waals surface area (Å²) >= 11 is 0. The first-order valence-corrected chi connectivity index (χ1v) is 8.94. The van der Waals surface area contributed by atoms with Crippen LogP contribution in [0.15, 0.2) is 11.2 Å². The molecule has 1 aromatic carbocycles. The Bertz CT molecular complexity index is 873. The fourth-order valence-corrected chi connectivity index (χ4v) is 3.10. The van der Waals surface area contributed by atoms with Crippen LogP contribution in [-0.4, -0.2) is 47.6 Å². The Morgan fingerprint density at radius 3 is 2.24 bits per heavy atom. The number of likely N-dealkylation sites (tertiary alicyclic amines) is 1. The summed E-state index contributed by atoms with van der Waals surface area (Å²) in [5.41, 5.74) is -1.77. The molecule has 1 aromatic rings. The van der Waals surface area contributed by atoms with Crippen molar-refractivity contribution in [2.24, 2.45) is 5.10 Å². The number of rotatable bonds is 4. The fraction of sp³-hybridized carbons (Fsp3) is 0.444. The lowest BCUT2D eigenvalue weighted by Gasteiger charge is -2.25. The van der Waals surface area contributed by atoms with Crippen molar-refractivity contribution in [1.82, 2.24) is 4.90 Å². The van der Waals surface area contributed by atoms with E-state index in [9.17, 15) is 31.9 Å². The maximum absolute atomic E-state index is 14.0. The molecule has 2 aliphatic heterocycles. The van der Waals surface area contributed by atoms with Crippen LogP contribution in [0.5, 0.6) is 0 Å². The zero-order chi connectivity index (χ0) is 21.3. The fourth-order valence-electron chi connectivity index (χ4n) is 3.10. The second-order valence-electron chi connectivity index (χ2n) is 6.65. The summed E-state index contributed by atoms with van der Waals surface area (Å²) in [5, 5.41) is 3.64. The van der Waals surface area contributed by atoms with Crippen LogP contribution in [0.3, 0.4) is 0 Å². The van der Waals surface area contributed by atoms with Crippen molar-refractivity contribution in [3.05, 3.63) is 29.3 Å². The second-order valence-corrected chi connectivity index (χ2v) is 6.65. The molecule has 3 rings (SSSR count). The van der Waals surface area contributed by atoms with E-state index in [2.05, 4.69) is 5.10 Å². The van der Waals surface area contributed by atoms with Crippen molar-refractivity contribution in [2.45, 2.75) is 38.7 Å². The standard InChI is InChI=1S/C18H17F4N3O4/c1-9(17(27)24-6-2-3-7-24)29-18(28)12-4-5-13(26)25(23-12)16-14(21)10(19)8-11(20)15(16)22/h8-9H,2-7H2,1H3/t9-/m0/s1. The van der Waals surface area contributed by atoms with Crippen LogP contribution in [0.2, 0.25) is 0 Å². The molecule has 0 N–H and O–H groups in total. The van der Waals surface area contributed by atoms with Crippen LogP contribution < -0.4 is 5.01 Å². The number of ether oxygens (including phenoxy) is 1. The predicted molar refractivity (Wildman–Crippen MR) is 91.8 cm³/mol. The van der Waals surface area contributed by atoms with Crippen LogP contribution in [-0.2, 0) is 19.1 Å². The minimum Gasteiger partial charge on any atom is -0.448 e. The Labute approximate surface area is 162 Å². The summed E-state index contributed by atoms with van der Waals surface area (Å²) < 4.78 is 60.0. The molecule has 1 fully saturated rings. The third kappa shape index (κ3) is 4.08. The van der Waals surface area contributed by atoms with Gasteiger partial charge in [-0.25, -0.2) is 22.4 Å². The van der Waals surface area contributed by atoms with Gasteiger partial charge < -0.3 is 9.64 Å². The van der Waals surface area contributed by atoms with Gasteiger partial charge in [-0.3, -0.25) is 9.59 Å². The van der Waals surface area contributed by atoms with Gasteiger partial charge in [-0.2, -0.15) is 10.1 Å². The van der Waals surface area contributed by atoms with E-state index >= 15 is 0 Å². The van der Waals surface area contributed by atoms with Gasteiger partial charge in [-0.1, -0.05) is 0 Å². The molecule has 0 aliphatic carbocycles. The predicted octanol–water partition coefficient (Wildman–Crippen LogP) is 2.28. The Morgan fingerprint density at radius 2 is 1.66 bits per heavy atom. The van der Waals surface area contributed by atoms with Crippen molar-refractivity contribution in [1.29, 1.82) is 0 Å². The summed E-state index contributed by atoms with van der Waals surface area (Å²) in [6.07, 6.45) is -0.0664. The maximum atomic E-state index is 14.0. The third-order valence-electron chi connectivity index (χ3n) is 4.62. The second kappa shape index (κ2) is 8.18. The Hall–Kier alpha value is -2.98. The van der Waals surface area contributed by atoms with E-state index < -0.39 is 65.0 Å². The van der Waals surface area contributed by atoms with Gasteiger partial charge in [0.2, 0.25) is 5.91 Å². The van der Waals surface area contributed by atoms with E-state index in [0.29, 0.717) is 13.1 Å². The van der Waals surface area contributed by atoms with Crippen molar-refractivity contribution < 1.29 is 36.7 Å². The normalized spacial score (nSPS) is 18.0. The molecule has 11 heteroatoms. The highest BCUT2D eigenvalue weighted by Crippen LogP contribution is 2.30. The molecule has 0 unspecified atom stereocenters. The number of benzene rings is 1. The average Bonchev–Trinajstić information content (AvgIpc) is 3.22. The van der Waals surface area contributed by atoms with E-state index in [1.54, 1.807) is 0 Å². The Morgan fingerprint density at radius 1 is 1.07 bits per heavy atom. The maximum Gasteiger partial charge on any atom is 0.355 e. The highest BCUT2D eigenvalue weighted by atomic mass is 19.2. The highest BCUT2D eigenvalue weighted by molar-refractivity contribution is 6.38. The van der Waals surface area contributed by atoms with Crippen molar-refractivity contribution >= 4 is 29.2 Å². The molecule has 0 radical (unpaired) electrons. The van der Waals surface area contributed by atoms with E-state index in [1.807, 2.05) is 0 Å². The minimum atomic E-state index is -1.83. The smallest absolute Gasteiger partial charge is 0.355 e. The Kier molecular flexibility index (Phi) is 5.85. The number of anilines is 1. The topological polar surface area (TPSA) is 79.3 Å². The zero-order valence-electron chi connectivity index (χ0n) is 15.4. The summed E-state index contributed by atoms with van der Waals surface area (Å²) in [7, 11) is 0. The summed E-state index contributed by atoms with van der Waals surface area (Å²) in [6.45, 7) is 2.47. The number of amides is 2. The lowest BCUT2D eigenvalue weighted by atomic mass is 10.1. The monoisotopic (exact) mass is 415 g/mol. The number of carbonyl (C=O) groups is 3. The van der Waals surface area contributed by atoms with E-state index in [-0.39, 0.29) is 17.5 Å². The van der Waals surface area contributed by atoms with Gasteiger partial charge in [0.15, 0.2) is 29.4 Å². The SMILES string of the molecule is C[C@H](OC(=O)C1=NN(c2c(F)c(F)cc(F)c2F)C(=O)CC1)C(=O)N1CCCC1. The van der Waals surface area contributed by atoms with Gasteiger partial charge in [0.1, 0.15) is 11.4 Å². The third-order valence-corrected chi connectivity index (χ3v) is 4.62. The van der Waals surface area contributed by atoms with E-state index in [4.69, 9.17) is 4.74 Å². The van der Waals surface area contributed by atoms with Crippen LogP contribution in [0.4, 0.5) is 23.2 Å². The molecule has 0 saturated carbocycles. The summed E-state index contributed by atoms with van der Waals surface area (Å²) in [5.74, 6) is -9.53. The summed E-state index contributed by atoms with van der Waals surface area (Å²) in [6, 6.07) is -0.00682. The molecule has 0 aromatic heterocycles.